The van der Waals surface area contributed by atoms with Gasteiger partial charge in [0.2, 0.25) is 5.91 Å². The third kappa shape index (κ3) is 2.08. The molecule has 1 N–H and O–H groups in total. The average molecular weight is 317 g/mol. The Morgan fingerprint density at radius 1 is 1.26 bits per heavy atom. The minimum Gasteiger partial charge on any atom is -0.497 e. The number of esters is 1. The van der Waals surface area contributed by atoms with E-state index in [1.807, 2.05) is 0 Å². The van der Waals surface area contributed by atoms with E-state index in [0.717, 1.165) is 12.8 Å². The van der Waals surface area contributed by atoms with Gasteiger partial charge in [0.05, 0.1) is 31.7 Å². The van der Waals surface area contributed by atoms with Gasteiger partial charge in [-0.2, -0.15) is 0 Å². The van der Waals surface area contributed by atoms with Crippen LogP contribution in [0.1, 0.15) is 12.8 Å². The molecule has 6 heteroatoms. The fourth-order valence-corrected chi connectivity index (χ4v) is 4.48. The molecule has 0 aromatic heterocycles. The van der Waals surface area contributed by atoms with E-state index in [0.29, 0.717) is 17.2 Å². The maximum Gasteiger partial charge on any atom is 0.310 e. The molecule has 3 fully saturated rings. The largest absolute Gasteiger partial charge is 0.497 e. The van der Waals surface area contributed by atoms with Crippen LogP contribution >= 0.6 is 0 Å². The fourth-order valence-electron chi connectivity index (χ4n) is 4.48. The summed E-state index contributed by atoms with van der Waals surface area (Å²) >= 11 is 0. The molecule has 2 bridgehead atoms. The first kappa shape index (κ1) is 14.4. The molecule has 1 aliphatic heterocycles. The van der Waals surface area contributed by atoms with Gasteiger partial charge in [-0.3, -0.25) is 9.59 Å². The molecule has 4 rings (SSSR count). The third-order valence-corrected chi connectivity index (χ3v) is 5.45. The van der Waals surface area contributed by atoms with Crippen molar-refractivity contribution in [3.8, 4) is 11.5 Å². The first-order chi connectivity index (χ1) is 11.1. The van der Waals surface area contributed by atoms with Crippen LogP contribution < -0.4 is 14.8 Å². The Kier molecular flexibility index (Phi) is 3.21. The highest BCUT2D eigenvalue weighted by atomic mass is 16.6. The van der Waals surface area contributed by atoms with Gasteiger partial charge in [0.1, 0.15) is 17.6 Å². The lowest BCUT2D eigenvalue weighted by molar-refractivity contribution is -0.145. The summed E-state index contributed by atoms with van der Waals surface area (Å²) in [5, 5.41) is 2.92. The van der Waals surface area contributed by atoms with E-state index in [2.05, 4.69) is 5.32 Å². The molecule has 5 atom stereocenters. The Labute approximate surface area is 134 Å². The minimum atomic E-state index is -0.293. The standard InChI is InChI=1S/C17H19NO5/c1-21-9-3-4-11(13(7-9)22-2)18-16(19)14-8-5-10-12(6-8)23-17(20)15(10)14/h3-4,7-8,10,12,14-15H,5-6H2,1-2H3,(H,18,19)/t8-,10-,12-,14+,15+/m1/s1. The summed E-state index contributed by atoms with van der Waals surface area (Å²) in [5.41, 5.74) is 0.587. The monoisotopic (exact) mass is 317 g/mol. The second kappa shape index (κ2) is 5.15. The van der Waals surface area contributed by atoms with Crippen LogP contribution in [0.15, 0.2) is 18.2 Å². The highest BCUT2D eigenvalue weighted by molar-refractivity contribution is 5.98. The van der Waals surface area contributed by atoms with Gasteiger partial charge in [-0.25, -0.2) is 0 Å². The minimum absolute atomic E-state index is 0.0390. The number of hydrogen-bond donors (Lipinski definition) is 1. The summed E-state index contributed by atoms with van der Waals surface area (Å²) in [6.07, 6.45) is 1.76. The molecule has 1 aromatic rings. The SMILES string of the molecule is COc1ccc(NC(=O)[C@H]2[C@@H]3C[C@H]4[C@@H]2C(=O)O[C@@H]4C3)c(OC)c1. The lowest BCUT2D eigenvalue weighted by Gasteiger charge is -2.24. The van der Waals surface area contributed by atoms with Crippen molar-refractivity contribution in [1.82, 2.24) is 0 Å². The topological polar surface area (TPSA) is 73.9 Å². The molecule has 122 valence electrons. The van der Waals surface area contributed by atoms with Crippen molar-refractivity contribution in [2.75, 3.05) is 19.5 Å². The average Bonchev–Trinajstić information content (AvgIpc) is 3.16. The molecule has 2 aliphatic carbocycles. The normalized spacial score (nSPS) is 33.5. The molecule has 1 amide bonds. The summed E-state index contributed by atoms with van der Waals surface area (Å²) in [6, 6.07) is 5.23. The Morgan fingerprint density at radius 3 is 2.83 bits per heavy atom. The molecule has 1 aromatic carbocycles. The molecule has 23 heavy (non-hydrogen) atoms. The van der Waals surface area contributed by atoms with E-state index in [1.54, 1.807) is 32.4 Å². The van der Waals surface area contributed by atoms with E-state index in [-0.39, 0.29) is 41.7 Å². The maximum atomic E-state index is 12.8. The highest BCUT2D eigenvalue weighted by Gasteiger charge is 2.63. The Balaban J connectivity index is 1.56. The number of carbonyl (C=O) groups is 2. The number of nitrogens with one attached hydrogen (secondary N) is 1. The van der Waals surface area contributed by atoms with Crippen LogP contribution in [0.3, 0.4) is 0 Å². The van der Waals surface area contributed by atoms with Gasteiger partial charge in [0, 0.05) is 12.0 Å². The zero-order valence-electron chi connectivity index (χ0n) is 13.1. The number of fused-ring (bicyclic) bond motifs is 1. The van der Waals surface area contributed by atoms with Gasteiger partial charge in [0.15, 0.2) is 0 Å². The fraction of sp³-hybridized carbons (Fsp3) is 0.529. The lowest BCUT2D eigenvalue weighted by atomic mass is 9.79. The van der Waals surface area contributed by atoms with Crippen LogP contribution in [-0.2, 0) is 14.3 Å². The van der Waals surface area contributed by atoms with Crippen molar-refractivity contribution >= 4 is 17.6 Å². The molecule has 2 saturated carbocycles. The zero-order chi connectivity index (χ0) is 16.1. The number of methoxy groups -OCH3 is 2. The number of rotatable bonds is 4. The number of carbonyl (C=O) groups excluding carboxylic acids is 2. The summed E-state index contributed by atoms with van der Waals surface area (Å²) in [5.74, 6) is 0.757. The molecule has 0 unspecified atom stereocenters. The molecule has 0 spiro atoms. The van der Waals surface area contributed by atoms with Crippen molar-refractivity contribution in [3.05, 3.63) is 18.2 Å². The number of benzene rings is 1. The predicted octanol–water partition coefficient (Wildman–Crippen LogP) is 1.84. The number of hydrogen-bond acceptors (Lipinski definition) is 5. The Bertz CT molecular complexity index is 671. The molecule has 1 heterocycles. The third-order valence-electron chi connectivity index (χ3n) is 5.45. The number of ether oxygens (including phenoxy) is 3. The van der Waals surface area contributed by atoms with Gasteiger partial charge in [-0.1, -0.05) is 0 Å². The summed E-state index contributed by atoms with van der Waals surface area (Å²) < 4.78 is 15.9. The van der Waals surface area contributed by atoms with Crippen LogP contribution in [0.25, 0.3) is 0 Å². The molecule has 6 nitrogen and oxygen atoms in total. The summed E-state index contributed by atoms with van der Waals surface area (Å²) in [7, 11) is 3.12. The zero-order valence-corrected chi connectivity index (χ0v) is 13.1. The van der Waals surface area contributed by atoms with Crippen molar-refractivity contribution in [3.63, 3.8) is 0 Å². The van der Waals surface area contributed by atoms with Crippen molar-refractivity contribution in [2.24, 2.45) is 23.7 Å². The smallest absolute Gasteiger partial charge is 0.310 e. The van der Waals surface area contributed by atoms with Crippen molar-refractivity contribution in [2.45, 2.75) is 18.9 Å². The van der Waals surface area contributed by atoms with Gasteiger partial charge in [-0.15, -0.1) is 0 Å². The van der Waals surface area contributed by atoms with Crippen molar-refractivity contribution < 1.29 is 23.8 Å². The Hall–Kier alpha value is -2.24. The summed E-state index contributed by atoms with van der Waals surface area (Å²) in [4.78, 5) is 24.8. The summed E-state index contributed by atoms with van der Waals surface area (Å²) in [6.45, 7) is 0. The van der Waals surface area contributed by atoms with Crippen molar-refractivity contribution in [1.29, 1.82) is 0 Å². The van der Waals surface area contributed by atoms with E-state index in [9.17, 15) is 9.59 Å². The van der Waals surface area contributed by atoms with Gasteiger partial charge in [-0.05, 0) is 30.9 Å². The quantitative estimate of drug-likeness (QED) is 0.858. The van der Waals surface area contributed by atoms with E-state index < -0.39 is 0 Å². The highest BCUT2D eigenvalue weighted by Crippen LogP contribution is 2.57. The van der Waals surface area contributed by atoms with Crippen LogP contribution in [0, 0.1) is 23.7 Å². The van der Waals surface area contributed by atoms with Gasteiger partial charge < -0.3 is 19.5 Å². The maximum absolute atomic E-state index is 12.8. The predicted molar refractivity (Wildman–Crippen MR) is 81.2 cm³/mol. The molecular weight excluding hydrogens is 298 g/mol. The van der Waals surface area contributed by atoms with Crippen LogP contribution in [0.4, 0.5) is 5.69 Å². The first-order valence-corrected chi connectivity index (χ1v) is 7.85. The van der Waals surface area contributed by atoms with E-state index in [4.69, 9.17) is 14.2 Å². The molecular formula is C17H19NO5. The van der Waals surface area contributed by atoms with E-state index >= 15 is 0 Å². The van der Waals surface area contributed by atoms with Gasteiger partial charge in [0.25, 0.3) is 0 Å². The second-order valence-corrected chi connectivity index (χ2v) is 6.48. The molecule has 0 radical (unpaired) electrons. The van der Waals surface area contributed by atoms with Gasteiger partial charge >= 0.3 is 5.97 Å². The number of anilines is 1. The van der Waals surface area contributed by atoms with E-state index in [1.165, 1.54) is 0 Å². The molecule has 3 aliphatic rings. The first-order valence-electron chi connectivity index (χ1n) is 7.85. The van der Waals surface area contributed by atoms with Crippen LogP contribution in [0.2, 0.25) is 0 Å². The molecule has 1 saturated heterocycles. The van der Waals surface area contributed by atoms with Crippen LogP contribution in [0.5, 0.6) is 11.5 Å². The number of amides is 1. The van der Waals surface area contributed by atoms with Crippen LogP contribution in [-0.4, -0.2) is 32.2 Å². The Morgan fingerprint density at radius 2 is 2.09 bits per heavy atom. The lowest BCUT2D eigenvalue weighted by Crippen LogP contribution is -2.35. The second-order valence-electron chi connectivity index (χ2n) is 6.48.